The van der Waals surface area contributed by atoms with Crippen LogP contribution in [0.5, 0.6) is 0 Å². The fourth-order valence-corrected chi connectivity index (χ4v) is 3.54. The molecule has 1 unspecified atom stereocenters. The van der Waals surface area contributed by atoms with Crippen LogP contribution in [-0.2, 0) is 6.54 Å². The highest BCUT2D eigenvalue weighted by atomic mass is 16.3. The average Bonchev–Trinajstić information content (AvgIpc) is 2.96. The number of carbonyl (C=O) groups excluding carboxylic acids is 1. The molecule has 1 aromatic heterocycles. The molecule has 2 amide bonds. The number of hydrogen-bond donors (Lipinski definition) is 2. The van der Waals surface area contributed by atoms with Crippen LogP contribution in [-0.4, -0.2) is 53.8 Å². The van der Waals surface area contributed by atoms with Gasteiger partial charge in [-0.3, -0.25) is 0 Å². The Morgan fingerprint density at radius 2 is 2.25 bits per heavy atom. The van der Waals surface area contributed by atoms with Gasteiger partial charge in [0.15, 0.2) is 0 Å². The van der Waals surface area contributed by atoms with Gasteiger partial charge in [-0.25, -0.2) is 9.78 Å². The van der Waals surface area contributed by atoms with Crippen molar-refractivity contribution in [2.75, 3.05) is 32.1 Å². The summed E-state index contributed by atoms with van der Waals surface area (Å²) < 4.78 is 0. The zero-order chi connectivity index (χ0) is 17.7. The molecule has 0 aromatic carbocycles. The number of rotatable bonds is 6. The molecule has 1 aliphatic rings. The van der Waals surface area contributed by atoms with Crippen molar-refractivity contribution in [2.24, 2.45) is 5.92 Å². The minimum Gasteiger partial charge on any atom is -0.394 e. The third-order valence-corrected chi connectivity index (χ3v) is 4.64. The second kappa shape index (κ2) is 7.83. The van der Waals surface area contributed by atoms with Crippen molar-refractivity contribution in [2.45, 2.75) is 45.2 Å². The average molecular weight is 334 g/mol. The van der Waals surface area contributed by atoms with E-state index in [0.29, 0.717) is 19.0 Å². The second-order valence-electron chi connectivity index (χ2n) is 7.31. The first-order valence-electron chi connectivity index (χ1n) is 8.66. The first-order valence-corrected chi connectivity index (χ1v) is 8.66. The Balaban J connectivity index is 2.02. The molecule has 0 bridgehead atoms. The van der Waals surface area contributed by atoms with Crippen LogP contribution in [0.3, 0.4) is 0 Å². The van der Waals surface area contributed by atoms with Crippen LogP contribution in [0.25, 0.3) is 0 Å². The highest BCUT2D eigenvalue weighted by Gasteiger charge is 2.43. The zero-order valence-corrected chi connectivity index (χ0v) is 15.2. The fraction of sp³-hybridized carbons (Fsp3) is 0.667. The monoisotopic (exact) mass is 334 g/mol. The first kappa shape index (κ1) is 18.5. The molecule has 0 spiro atoms. The maximum Gasteiger partial charge on any atom is 0.318 e. The number of aromatic nitrogens is 1. The van der Waals surface area contributed by atoms with E-state index in [0.717, 1.165) is 30.6 Å². The van der Waals surface area contributed by atoms with Gasteiger partial charge < -0.3 is 20.2 Å². The van der Waals surface area contributed by atoms with Gasteiger partial charge in [0.25, 0.3) is 0 Å². The molecule has 24 heavy (non-hydrogen) atoms. The van der Waals surface area contributed by atoms with Crippen molar-refractivity contribution in [3.63, 3.8) is 0 Å². The molecule has 6 heteroatoms. The molecule has 2 N–H and O–H groups in total. The molecule has 1 atom stereocenters. The molecule has 2 heterocycles. The van der Waals surface area contributed by atoms with Gasteiger partial charge in [0, 0.05) is 33.4 Å². The van der Waals surface area contributed by atoms with Crippen LogP contribution in [0.4, 0.5) is 10.6 Å². The summed E-state index contributed by atoms with van der Waals surface area (Å²) >= 11 is 0. The van der Waals surface area contributed by atoms with Gasteiger partial charge in [0.05, 0.1) is 12.1 Å². The van der Waals surface area contributed by atoms with Crippen molar-refractivity contribution >= 4 is 11.8 Å². The summed E-state index contributed by atoms with van der Waals surface area (Å²) in [4.78, 5) is 20.7. The minimum absolute atomic E-state index is 0.0264. The predicted molar refractivity (Wildman–Crippen MR) is 96.0 cm³/mol. The van der Waals surface area contributed by atoms with Crippen LogP contribution in [0.1, 0.15) is 38.7 Å². The minimum atomic E-state index is -0.411. The van der Waals surface area contributed by atoms with Crippen LogP contribution < -0.4 is 10.2 Å². The maximum atomic E-state index is 12.7. The Kier molecular flexibility index (Phi) is 6.04. The Bertz CT molecular complexity index is 562. The van der Waals surface area contributed by atoms with Crippen LogP contribution in [0.2, 0.25) is 0 Å². The van der Waals surface area contributed by atoms with Crippen molar-refractivity contribution in [3.8, 4) is 0 Å². The SMILES string of the molecule is CC(C)CC1(CO)CCCN1C(=O)NCc1ccnc(N(C)C)c1. The zero-order valence-electron chi connectivity index (χ0n) is 15.2. The van der Waals surface area contributed by atoms with E-state index in [-0.39, 0.29) is 12.6 Å². The van der Waals surface area contributed by atoms with Gasteiger partial charge in [0.1, 0.15) is 5.82 Å². The van der Waals surface area contributed by atoms with Crippen molar-refractivity contribution in [1.29, 1.82) is 0 Å². The number of amides is 2. The summed E-state index contributed by atoms with van der Waals surface area (Å²) in [5.74, 6) is 1.31. The van der Waals surface area contributed by atoms with Crippen LogP contribution >= 0.6 is 0 Å². The third-order valence-electron chi connectivity index (χ3n) is 4.64. The van der Waals surface area contributed by atoms with Gasteiger partial charge in [-0.15, -0.1) is 0 Å². The standard InChI is InChI=1S/C18H30N4O2/c1-14(2)11-18(13-23)7-5-9-22(18)17(24)20-12-15-6-8-19-16(10-15)21(3)4/h6,8,10,14,23H,5,7,9,11-13H2,1-4H3,(H,20,24). The number of aliphatic hydroxyl groups excluding tert-OH is 1. The number of carbonyl (C=O) groups is 1. The maximum absolute atomic E-state index is 12.7. The van der Waals surface area contributed by atoms with Gasteiger partial charge in [-0.05, 0) is 42.9 Å². The predicted octanol–water partition coefficient (Wildman–Crippen LogP) is 2.23. The molecule has 1 fully saturated rings. The summed E-state index contributed by atoms with van der Waals surface area (Å²) in [5, 5.41) is 12.9. The molecule has 0 radical (unpaired) electrons. The molecule has 1 saturated heterocycles. The van der Waals surface area contributed by atoms with Crippen LogP contribution in [0.15, 0.2) is 18.3 Å². The van der Waals surface area contributed by atoms with E-state index in [1.54, 1.807) is 6.20 Å². The summed E-state index contributed by atoms with van der Waals surface area (Å²) in [6, 6.07) is 3.79. The number of likely N-dealkylation sites (tertiary alicyclic amines) is 1. The van der Waals surface area contributed by atoms with E-state index in [1.165, 1.54) is 0 Å². The quantitative estimate of drug-likeness (QED) is 0.837. The summed E-state index contributed by atoms with van der Waals surface area (Å²) in [7, 11) is 3.88. The van der Waals surface area contributed by atoms with Gasteiger partial charge >= 0.3 is 6.03 Å². The van der Waals surface area contributed by atoms with Crippen molar-refractivity contribution in [3.05, 3.63) is 23.9 Å². The van der Waals surface area contributed by atoms with E-state index < -0.39 is 5.54 Å². The smallest absolute Gasteiger partial charge is 0.318 e. The second-order valence-corrected chi connectivity index (χ2v) is 7.31. The molecular formula is C18H30N4O2. The third kappa shape index (κ3) is 4.17. The lowest BCUT2D eigenvalue weighted by molar-refractivity contribution is 0.0675. The molecule has 0 aliphatic carbocycles. The Hall–Kier alpha value is -1.82. The van der Waals surface area contributed by atoms with Crippen LogP contribution in [0, 0.1) is 5.92 Å². The topological polar surface area (TPSA) is 68.7 Å². The Morgan fingerprint density at radius 1 is 1.50 bits per heavy atom. The number of pyridine rings is 1. The van der Waals surface area contributed by atoms with Gasteiger partial charge in [0.2, 0.25) is 0 Å². The molecular weight excluding hydrogens is 304 g/mol. The van der Waals surface area contributed by atoms with Crippen molar-refractivity contribution < 1.29 is 9.90 Å². The number of urea groups is 1. The summed E-state index contributed by atoms with van der Waals surface area (Å²) in [5.41, 5.74) is 0.602. The van der Waals surface area contributed by atoms with E-state index in [4.69, 9.17) is 0 Å². The van der Waals surface area contributed by atoms with E-state index in [9.17, 15) is 9.90 Å². The van der Waals surface area contributed by atoms with E-state index in [1.807, 2.05) is 36.0 Å². The van der Waals surface area contributed by atoms with Crippen molar-refractivity contribution in [1.82, 2.24) is 15.2 Å². The number of nitrogens with zero attached hydrogens (tertiary/aromatic N) is 3. The van der Waals surface area contributed by atoms with Gasteiger partial charge in [-0.2, -0.15) is 0 Å². The number of nitrogens with one attached hydrogen (secondary N) is 1. The number of anilines is 1. The molecule has 1 aliphatic heterocycles. The fourth-order valence-electron chi connectivity index (χ4n) is 3.54. The highest BCUT2D eigenvalue weighted by Crippen LogP contribution is 2.34. The van der Waals surface area contributed by atoms with Gasteiger partial charge in [-0.1, -0.05) is 13.8 Å². The Labute approximate surface area is 144 Å². The van der Waals surface area contributed by atoms with E-state index in [2.05, 4.69) is 24.1 Å². The first-order chi connectivity index (χ1) is 11.4. The lowest BCUT2D eigenvalue weighted by Gasteiger charge is -2.38. The molecule has 1 aromatic rings. The molecule has 134 valence electrons. The van der Waals surface area contributed by atoms with E-state index >= 15 is 0 Å². The number of hydrogen-bond acceptors (Lipinski definition) is 4. The molecule has 0 saturated carbocycles. The Morgan fingerprint density at radius 3 is 2.88 bits per heavy atom. The highest BCUT2D eigenvalue weighted by molar-refractivity contribution is 5.75. The molecule has 2 rings (SSSR count). The summed E-state index contributed by atoms with van der Waals surface area (Å²) in [6.07, 6.45) is 4.40. The molecule has 6 nitrogen and oxygen atoms in total. The number of aliphatic hydroxyl groups is 1. The normalized spacial score (nSPS) is 20.5. The lowest BCUT2D eigenvalue weighted by atomic mass is 9.87. The largest absolute Gasteiger partial charge is 0.394 e. The lowest BCUT2D eigenvalue weighted by Crippen LogP contribution is -2.54. The summed E-state index contributed by atoms with van der Waals surface area (Å²) in [6.45, 7) is 5.45.